The van der Waals surface area contributed by atoms with E-state index in [0.717, 1.165) is 19.5 Å². The zero-order chi connectivity index (χ0) is 23.9. The topological polar surface area (TPSA) is 55.1 Å². The maximum Gasteiger partial charge on any atom is 0.256 e. The fraction of sp³-hybridized carbons (Fsp3) is 0.259. The van der Waals surface area contributed by atoms with Gasteiger partial charge in [-0.15, -0.1) is 0 Å². The molecule has 0 aliphatic heterocycles. The number of aromatic nitrogens is 3. The van der Waals surface area contributed by atoms with E-state index in [1.807, 2.05) is 35.2 Å². The second-order valence-electron chi connectivity index (χ2n) is 8.52. The van der Waals surface area contributed by atoms with Crippen molar-refractivity contribution in [2.45, 2.75) is 32.9 Å². The first-order valence-electron chi connectivity index (χ1n) is 11.6. The van der Waals surface area contributed by atoms with Gasteiger partial charge in [-0.2, -0.15) is 5.10 Å². The van der Waals surface area contributed by atoms with Gasteiger partial charge in [0.2, 0.25) is 0 Å². The van der Waals surface area contributed by atoms with Crippen LogP contribution in [0.1, 0.15) is 36.2 Å². The molecule has 0 unspecified atom stereocenters. The highest BCUT2D eigenvalue weighted by Crippen LogP contribution is 2.20. The first kappa shape index (κ1) is 23.4. The van der Waals surface area contributed by atoms with E-state index in [0.29, 0.717) is 29.7 Å². The number of hydrogen-bond donors (Lipinski definition) is 1. The van der Waals surface area contributed by atoms with Gasteiger partial charge in [0.15, 0.2) is 5.82 Å². The highest BCUT2D eigenvalue weighted by Gasteiger charge is 2.20. The average Bonchev–Trinajstić information content (AvgIpc) is 3.52. The summed E-state index contributed by atoms with van der Waals surface area (Å²) in [5.74, 6) is 0.109. The van der Waals surface area contributed by atoms with Crippen LogP contribution in [0.2, 0.25) is 0 Å². The maximum atomic E-state index is 13.4. The molecule has 0 saturated heterocycles. The van der Waals surface area contributed by atoms with E-state index in [2.05, 4.69) is 53.4 Å². The predicted molar refractivity (Wildman–Crippen MR) is 132 cm³/mol. The van der Waals surface area contributed by atoms with E-state index in [9.17, 15) is 9.18 Å². The number of nitrogens with one attached hydrogen (secondary N) is 1. The Bertz CT molecular complexity index is 1180. The number of nitrogens with zero attached hydrogens (tertiary/aromatic N) is 4. The molecule has 0 radical (unpaired) electrons. The van der Waals surface area contributed by atoms with Crippen LogP contribution < -0.4 is 5.32 Å². The lowest BCUT2D eigenvalue weighted by Crippen LogP contribution is -2.34. The highest BCUT2D eigenvalue weighted by atomic mass is 19.1. The number of rotatable bonds is 10. The van der Waals surface area contributed by atoms with E-state index in [-0.39, 0.29) is 11.7 Å². The molecule has 0 aliphatic carbocycles. The largest absolute Gasteiger partial charge is 0.352 e. The summed E-state index contributed by atoms with van der Waals surface area (Å²) in [5.41, 5.74) is 2.42. The van der Waals surface area contributed by atoms with Crippen LogP contribution in [-0.2, 0) is 6.54 Å². The summed E-state index contributed by atoms with van der Waals surface area (Å²) in [4.78, 5) is 15.5. The van der Waals surface area contributed by atoms with Crippen molar-refractivity contribution in [3.05, 3.63) is 102 Å². The lowest BCUT2D eigenvalue weighted by atomic mass is 10.2. The van der Waals surface area contributed by atoms with Crippen LogP contribution in [0.15, 0.2) is 85.3 Å². The fourth-order valence-electron chi connectivity index (χ4n) is 3.91. The van der Waals surface area contributed by atoms with Crippen LogP contribution in [0.4, 0.5) is 4.39 Å². The minimum absolute atomic E-state index is 0.184. The molecule has 0 saturated carbocycles. The molecule has 0 aliphatic rings. The number of amides is 1. The van der Waals surface area contributed by atoms with Crippen LogP contribution in [0.3, 0.4) is 0 Å². The van der Waals surface area contributed by atoms with Gasteiger partial charge in [-0.05, 0) is 62.2 Å². The van der Waals surface area contributed by atoms with Crippen LogP contribution in [-0.4, -0.2) is 44.3 Å². The third kappa shape index (κ3) is 5.61. The summed E-state index contributed by atoms with van der Waals surface area (Å²) in [5, 5.41) is 7.47. The first-order chi connectivity index (χ1) is 16.5. The lowest BCUT2D eigenvalue weighted by molar-refractivity contribution is 0.0950. The van der Waals surface area contributed by atoms with Crippen LogP contribution in [0.25, 0.3) is 11.5 Å². The van der Waals surface area contributed by atoms with E-state index in [1.54, 1.807) is 23.0 Å². The number of carbonyl (C=O) groups excluding carboxylic acids is 1. The first-order valence-corrected chi connectivity index (χ1v) is 11.6. The SMILES string of the molecule is CC(C)N(CCCNC(=O)c1cnn(-c2ccc(F)cc2)c1-n1cccc1)Cc1ccccc1. The minimum Gasteiger partial charge on any atom is -0.352 e. The van der Waals surface area contributed by atoms with Crippen LogP contribution in [0, 0.1) is 5.82 Å². The molecule has 2 aromatic heterocycles. The second-order valence-corrected chi connectivity index (χ2v) is 8.52. The average molecular weight is 460 g/mol. The van der Waals surface area contributed by atoms with Gasteiger partial charge in [-0.3, -0.25) is 9.69 Å². The summed E-state index contributed by atoms with van der Waals surface area (Å²) in [6.07, 6.45) is 6.11. The molecule has 176 valence electrons. The standard InChI is InChI=1S/C27H30FN5O/c1-21(2)32(20-22-9-4-3-5-10-22)18-8-15-29-26(34)25-19-30-33(24-13-11-23(28)12-14-24)27(25)31-16-6-7-17-31/h3-7,9-14,16-17,19,21H,8,15,18,20H2,1-2H3,(H,29,34). The zero-order valence-electron chi connectivity index (χ0n) is 19.6. The van der Waals surface area contributed by atoms with Gasteiger partial charge in [0, 0.05) is 38.1 Å². The molecule has 6 nitrogen and oxygen atoms in total. The van der Waals surface area contributed by atoms with Crippen molar-refractivity contribution in [2.75, 3.05) is 13.1 Å². The molecule has 1 amide bonds. The third-order valence-electron chi connectivity index (χ3n) is 5.78. The Morgan fingerprint density at radius 2 is 1.74 bits per heavy atom. The van der Waals surface area contributed by atoms with Gasteiger partial charge in [0.25, 0.3) is 5.91 Å². The summed E-state index contributed by atoms with van der Waals surface area (Å²) < 4.78 is 16.9. The smallest absolute Gasteiger partial charge is 0.256 e. The van der Waals surface area contributed by atoms with Gasteiger partial charge in [0.1, 0.15) is 11.4 Å². The monoisotopic (exact) mass is 459 g/mol. The van der Waals surface area contributed by atoms with Crippen molar-refractivity contribution in [1.82, 2.24) is 24.6 Å². The van der Waals surface area contributed by atoms with Gasteiger partial charge in [-0.1, -0.05) is 30.3 Å². The molecule has 0 bridgehead atoms. The molecular weight excluding hydrogens is 429 g/mol. The quantitative estimate of drug-likeness (QED) is 0.346. The molecule has 2 heterocycles. The van der Waals surface area contributed by atoms with Crippen molar-refractivity contribution in [2.24, 2.45) is 0 Å². The number of carbonyl (C=O) groups is 1. The minimum atomic E-state index is -0.320. The van der Waals surface area contributed by atoms with Gasteiger partial charge in [0.05, 0.1) is 11.9 Å². The molecule has 4 rings (SSSR count). The Kier molecular flexibility index (Phi) is 7.54. The van der Waals surface area contributed by atoms with Gasteiger partial charge >= 0.3 is 0 Å². The second kappa shape index (κ2) is 10.9. The molecule has 4 aromatic rings. The Labute approximate surface area is 199 Å². The van der Waals surface area contributed by atoms with E-state index in [4.69, 9.17) is 0 Å². The summed E-state index contributed by atoms with van der Waals surface area (Å²) in [7, 11) is 0. The van der Waals surface area contributed by atoms with Crippen molar-refractivity contribution in [3.63, 3.8) is 0 Å². The van der Waals surface area contributed by atoms with Crippen molar-refractivity contribution in [3.8, 4) is 11.5 Å². The lowest BCUT2D eigenvalue weighted by Gasteiger charge is -2.26. The highest BCUT2D eigenvalue weighted by molar-refractivity contribution is 5.97. The summed E-state index contributed by atoms with van der Waals surface area (Å²) in [6, 6.07) is 20.6. The number of halogens is 1. The fourth-order valence-corrected chi connectivity index (χ4v) is 3.91. The van der Waals surface area contributed by atoms with E-state index in [1.165, 1.54) is 17.7 Å². The molecule has 34 heavy (non-hydrogen) atoms. The molecule has 7 heteroatoms. The third-order valence-corrected chi connectivity index (χ3v) is 5.78. The van der Waals surface area contributed by atoms with Crippen molar-refractivity contribution < 1.29 is 9.18 Å². The summed E-state index contributed by atoms with van der Waals surface area (Å²) in [6.45, 7) is 6.70. The van der Waals surface area contributed by atoms with E-state index >= 15 is 0 Å². The molecule has 0 atom stereocenters. The Balaban J connectivity index is 1.42. The predicted octanol–water partition coefficient (Wildman–Crippen LogP) is 4.83. The van der Waals surface area contributed by atoms with Crippen molar-refractivity contribution in [1.29, 1.82) is 0 Å². The van der Waals surface area contributed by atoms with Crippen LogP contribution >= 0.6 is 0 Å². The molecule has 2 aromatic carbocycles. The van der Waals surface area contributed by atoms with Gasteiger partial charge < -0.3 is 9.88 Å². The normalized spacial score (nSPS) is 11.3. The van der Waals surface area contributed by atoms with Crippen LogP contribution in [0.5, 0.6) is 0 Å². The molecule has 0 spiro atoms. The summed E-state index contributed by atoms with van der Waals surface area (Å²) >= 11 is 0. The zero-order valence-corrected chi connectivity index (χ0v) is 19.6. The van der Waals surface area contributed by atoms with E-state index < -0.39 is 0 Å². The number of benzene rings is 2. The number of hydrogen-bond acceptors (Lipinski definition) is 3. The molecule has 1 N–H and O–H groups in total. The Morgan fingerprint density at radius 3 is 2.41 bits per heavy atom. The Morgan fingerprint density at radius 1 is 1.03 bits per heavy atom. The Hall–Kier alpha value is -3.71. The van der Waals surface area contributed by atoms with Crippen molar-refractivity contribution >= 4 is 5.91 Å². The molecular formula is C27H30FN5O. The van der Waals surface area contributed by atoms with Gasteiger partial charge in [-0.25, -0.2) is 9.07 Å². The molecule has 0 fully saturated rings. The maximum absolute atomic E-state index is 13.4.